The lowest BCUT2D eigenvalue weighted by Gasteiger charge is -2.43. The molecule has 6 N–H and O–H groups in total. The third kappa shape index (κ3) is 8.35. The lowest BCUT2D eigenvalue weighted by molar-refractivity contribution is 1.38. The van der Waals surface area contributed by atoms with Crippen LogP contribution in [0.15, 0.2) is 182 Å². The maximum Gasteiger partial charge on any atom is 0.374 e. The molecule has 0 aliphatic rings. The second-order valence-electron chi connectivity index (χ2n) is 10.9. The van der Waals surface area contributed by atoms with Crippen molar-refractivity contribution < 1.29 is 0 Å². The van der Waals surface area contributed by atoms with Gasteiger partial charge < -0.3 is 29.9 Å². The molecule has 224 valence electrons. The zero-order valence-corrected chi connectivity index (χ0v) is 27.0. The molecule has 8 heteroatoms. The van der Waals surface area contributed by atoms with Gasteiger partial charge in [-0.25, -0.2) is 0 Å². The lowest BCUT2D eigenvalue weighted by atomic mass is 10.3. The lowest BCUT2D eigenvalue weighted by Crippen LogP contribution is -2.71. The van der Waals surface area contributed by atoms with E-state index in [2.05, 4.69) is 175 Å². The van der Waals surface area contributed by atoms with Gasteiger partial charge in [0.2, 0.25) is 0 Å². The van der Waals surface area contributed by atoms with E-state index in [9.17, 15) is 0 Å². The molecule has 0 aromatic heterocycles. The van der Waals surface area contributed by atoms with Crippen molar-refractivity contribution in [3.8, 4) is 0 Å². The van der Waals surface area contributed by atoms with Crippen molar-refractivity contribution in [1.82, 2.24) is 0 Å². The standard InChI is InChI=1S/C37H38N6Si2/c1-7-19-32(20-8-1)38-44(39-33-21-9-2-10-22-33,40-34-23-11-3-12-24-34)31-45(41-35-25-13-4-14-26-35,42-36-27-15-5-16-28-36)43-37-29-17-6-18-30-37/h1-30,38-43H,31H2. The molecule has 6 nitrogen and oxygen atoms in total. The molecule has 0 aliphatic carbocycles. The van der Waals surface area contributed by atoms with Crippen LogP contribution in [-0.2, 0) is 0 Å². The van der Waals surface area contributed by atoms with Gasteiger partial charge in [-0.2, -0.15) is 0 Å². The third-order valence-electron chi connectivity index (χ3n) is 7.32. The summed E-state index contributed by atoms with van der Waals surface area (Å²) < 4.78 is 0. The van der Waals surface area contributed by atoms with E-state index in [1.807, 2.05) is 36.4 Å². The van der Waals surface area contributed by atoms with Crippen LogP contribution in [0.1, 0.15) is 0 Å². The van der Waals surface area contributed by atoms with Crippen molar-refractivity contribution in [1.29, 1.82) is 0 Å². The number of nitrogens with one attached hydrogen (secondary N) is 6. The highest BCUT2D eigenvalue weighted by atomic mass is 28.4. The van der Waals surface area contributed by atoms with E-state index < -0.39 is 17.1 Å². The molecule has 0 amide bonds. The van der Waals surface area contributed by atoms with Gasteiger partial charge in [0.15, 0.2) is 0 Å². The highest BCUT2D eigenvalue weighted by Gasteiger charge is 2.50. The topological polar surface area (TPSA) is 72.2 Å². The number of anilines is 6. The highest BCUT2D eigenvalue weighted by Crippen LogP contribution is 2.30. The largest absolute Gasteiger partial charge is 0.378 e. The van der Waals surface area contributed by atoms with Gasteiger partial charge in [0.1, 0.15) is 0 Å². The molecule has 0 saturated carbocycles. The molecule has 6 aromatic carbocycles. The van der Waals surface area contributed by atoms with Crippen LogP contribution in [0.5, 0.6) is 0 Å². The summed E-state index contributed by atoms with van der Waals surface area (Å²) in [6, 6.07) is 62.7. The second kappa shape index (κ2) is 14.4. The minimum Gasteiger partial charge on any atom is -0.378 e. The molecule has 0 fully saturated rings. The number of hydrogen-bond acceptors (Lipinski definition) is 6. The summed E-state index contributed by atoms with van der Waals surface area (Å²) >= 11 is 0. The van der Waals surface area contributed by atoms with Gasteiger partial charge in [-0.15, -0.1) is 0 Å². The van der Waals surface area contributed by atoms with E-state index in [0.29, 0.717) is 5.67 Å². The first kappa shape index (κ1) is 29.6. The molecular formula is C37H38N6Si2. The molecule has 6 aromatic rings. The van der Waals surface area contributed by atoms with Crippen LogP contribution in [0.3, 0.4) is 0 Å². The molecule has 0 unspecified atom stereocenters. The van der Waals surface area contributed by atoms with Crippen molar-refractivity contribution in [3.05, 3.63) is 182 Å². The zero-order chi connectivity index (χ0) is 30.6. The molecule has 0 saturated heterocycles. The van der Waals surface area contributed by atoms with E-state index in [4.69, 9.17) is 0 Å². The average Bonchev–Trinajstić information content (AvgIpc) is 3.07. The molecule has 0 aliphatic heterocycles. The molecule has 6 rings (SSSR count). The zero-order valence-electron chi connectivity index (χ0n) is 25.0. The van der Waals surface area contributed by atoms with Crippen LogP contribution in [-0.4, -0.2) is 17.1 Å². The molecule has 0 heterocycles. The van der Waals surface area contributed by atoms with Crippen LogP contribution in [0.25, 0.3) is 0 Å². The van der Waals surface area contributed by atoms with E-state index in [0.717, 1.165) is 34.1 Å². The predicted molar refractivity (Wildman–Crippen MR) is 197 cm³/mol. The SMILES string of the molecule is c1ccc(N[Si](C[Si](Nc2ccccc2)(Nc2ccccc2)Nc2ccccc2)(Nc2ccccc2)Nc2ccccc2)cc1. The van der Waals surface area contributed by atoms with Crippen molar-refractivity contribution >= 4 is 51.2 Å². The van der Waals surface area contributed by atoms with Crippen molar-refractivity contribution in [2.24, 2.45) is 0 Å². The monoisotopic (exact) mass is 622 g/mol. The first-order valence-corrected chi connectivity index (χ1v) is 19.6. The molecule has 0 bridgehead atoms. The fourth-order valence-electron chi connectivity index (χ4n) is 5.46. The average molecular weight is 623 g/mol. The summed E-state index contributed by atoms with van der Waals surface area (Å²) in [7, 11) is -5.98. The highest BCUT2D eigenvalue weighted by molar-refractivity contribution is 7.04. The Morgan fingerprint density at radius 2 is 0.400 bits per heavy atom. The van der Waals surface area contributed by atoms with Gasteiger partial charge in [0.25, 0.3) is 0 Å². The fraction of sp³-hybridized carbons (Fsp3) is 0.0270. The number of rotatable bonds is 14. The molecule has 0 radical (unpaired) electrons. The van der Waals surface area contributed by atoms with Crippen molar-refractivity contribution in [2.75, 3.05) is 29.9 Å². The second-order valence-corrected chi connectivity index (χ2v) is 17.5. The predicted octanol–water partition coefficient (Wildman–Crippen LogP) is 9.08. The van der Waals surface area contributed by atoms with Gasteiger partial charge in [-0.1, -0.05) is 109 Å². The van der Waals surface area contributed by atoms with E-state index in [1.54, 1.807) is 0 Å². The van der Waals surface area contributed by atoms with E-state index in [-0.39, 0.29) is 0 Å². The number of para-hydroxylation sites is 6. The minimum absolute atomic E-state index is 0.706. The summed E-state index contributed by atoms with van der Waals surface area (Å²) in [4.78, 5) is 24.2. The number of benzene rings is 6. The van der Waals surface area contributed by atoms with Crippen LogP contribution in [0, 0.1) is 0 Å². The summed E-state index contributed by atoms with van der Waals surface area (Å²) in [6.07, 6.45) is 0. The maximum absolute atomic E-state index is 4.03. The van der Waals surface area contributed by atoms with Gasteiger partial charge in [0.05, 0.1) is 5.67 Å². The van der Waals surface area contributed by atoms with Gasteiger partial charge in [-0.3, -0.25) is 0 Å². The summed E-state index contributed by atoms with van der Waals surface area (Å²) in [5.74, 6) is 0. The van der Waals surface area contributed by atoms with Gasteiger partial charge in [-0.05, 0) is 72.8 Å². The Kier molecular flexibility index (Phi) is 9.45. The molecule has 0 atom stereocenters. The first-order valence-electron chi connectivity index (χ1n) is 15.2. The summed E-state index contributed by atoms with van der Waals surface area (Å²) in [6.45, 7) is 0. The number of hydrogen-bond donors (Lipinski definition) is 6. The quantitative estimate of drug-likeness (QED) is 0.0681. The smallest absolute Gasteiger partial charge is 0.374 e. The Balaban J connectivity index is 1.53. The Morgan fingerprint density at radius 3 is 0.556 bits per heavy atom. The maximum atomic E-state index is 4.03. The Morgan fingerprint density at radius 1 is 0.244 bits per heavy atom. The van der Waals surface area contributed by atoms with Crippen LogP contribution in [0.2, 0.25) is 5.67 Å². The van der Waals surface area contributed by atoms with Crippen LogP contribution >= 0.6 is 0 Å². The molecule has 45 heavy (non-hydrogen) atoms. The van der Waals surface area contributed by atoms with Crippen LogP contribution < -0.4 is 29.9 Å². The van der Waals surface area contributed by atoms with E-state index >= 15 is 0 Å². The van der Waals surface area contributed by atoms with Crippen molar-refractivity contribution in [2.45, 2.75) is 5.67 Å². The summed E-state index contributed by atoms with van der Waals surface area (Å²) in [5, 5.41) is 0. The van der Waals surface area contributed by atoms with Crippen molar-refractivity contribution in [3.63, 3.8) is 0 Å². The van der Waals surface area contributed by atoms with Gasteiger partial charge >= 0.3 is 17.1 Å². The first-order chi connectivity index (χ1) is 22.2. The fourth-order valence-corrected chi connectivity index (χ4v) is 15.1. The molecule has 0 spiro atoms. The Hall–Kier alpha value is -5.45. The normalized spacial score (nSPS) is 11.2. The third-order valence-corrected chi connectivity index (χ3v) is 15.9. The summed E-state index contributed by atoms with van der Waals surface area (Å²) in [5.41, 5.74) is 6.94. The molecular weight excluding hydrogens is 585 g/mol. The van der Waals surface area contributed by atoms with Crippen LogP contribution in [0.4, 0.5) is 34.1 Å². The van der Waals surface area contributed by atoms with Gasteiger partial charge in [0, 0.05) is 34.1 Å². The minimum atomic E-state index is -2.99. The Bertz CT molecular complexity index is 1380. The van der Waals surface area contributed by atoms with E-state index in [1.165, 1.54) is 0 Å². The Labute approximate surface area is 268 Å².